The van der Waals surface area contributed by atoms with Gasteiger partial charge in [-0.3, -0.25) is 9.59 Å². The van der Waals surface area contributed by atoms with Gasteiger partial charge in [0.2, 0.25) is 11.8 Å². The van der Waals surface area contributed by atoms with E-state index in [9.17, 15) is 9.59 Å². The Kier molecular flexibility index (Phi) is 7.26. The van der Waals surface area contributed by atoms with Gasteiger partial charge in [-0.25, -0.2) is 0 Å². The second kappa shape index (κ2) is 9.20. The predicted octanol–water partition coefficient (Wildman–Crippen LogP) is 3.15. The lowest BCUT2D eigenvalue weighted by atomic mass is 9.79. The van der Waals surface area contributed by atoms with Gasteiger partial charge >= 0.3 is 0 Å². The van der Waals surface area contributed by atoms with E-state index in [0.29, 0.717) is 28.6 Å². The van der Waals surface area contributed by atoms with Crippen LogP contribution in [0.4, 0.5) is 5.69 Å². The van der Waals surface area contributed by atoms with Gasteiger partial charge in [0.05, 0.1) is 23.8 Å². The molecule has 1 aromatic rings. The van der Waals surface area contributed by atoms with Gasteiger partial charge in [0, 0.05) is 13.1 Å². The van der Waals surface area contributed by atoms with E-state index < -0.39 is 0 Å². The molecule has 0 heterocycles. The van der Waals surface area contributed by atoms with Crippen LogP contribution in [0.15, 0.2) is 24.3 Å². The van der Waals surface area contributed by atoms with Crippen LogP contribution in [0.3, 0.4) is 0 Å². The van der Waals surface area contributed by atoms with Crippen molar-refractivity contribution in [3.05, 3.63) is 29.3 Å². The summed E-state index contributed by atoms with van der Waals surface area (Å²) < 4.78 is 0. The molecule has 1 aliphatic rings. The van der Waals surface area contributed by atoms with Crippen molar-refractivity contribution in [2.75, 3.05) is 25.5 Å². The number of hydrogen-bond acceptors (Lipinski definition) is 3. The SMILES string of the molecule is C[C@H]1CCC[C@H](C)C1NCC(=O)N(C)CC(=O)Nc1ccccc1Cl. The lowest BCUT2D eigenvalue weighted by Gasteiger charge is -2.35. The van der Waals surface area contributed by atoms with Crippen LogP contribution in [-0.2, 0) is 9.59 Å². The summed E-state index contributed by atoms with van der Waals surface area (Å²) in [5, 5.41) is 6.60. The molecular weight excluding hydrogens is 338 g/mol. The van der Waals surface area contributed by atoms with Crippen molar-refractivity contribution in [2.24, 2.45) is 11.8 Å². The largest absolute Gasteiger partial charge is 0.335 e. The third-order valence-corrected chi connectivity index (χ3v) is 5.32. The van der Waals surface area contributed by atoms with Crippen molar-refractivity contribution in [2.45, 2.75) is 39.2 Å². The quantitative estimate of drug-likeness (QED) is 0.814. The molecule has 2 rings (SSSR count). The summed E-state index contributed by atoms with van der Waals surface area (Å²) in [6, 6.07) is 7.40. The lowest BCUT2D eigenvalue weighted by Crippen LogP contribution is -2.48. The molecule has 2 amide bonds. The van der Waals surface area contributed by atoms with E-state index in [1.54, 1.807) is 31.3 Å². The zero-order valence-corrected chi connectivity index (χ0v) is 16.0. The molecule has 0 spiro atoms. The van der Waals surface area contributed by atoms with Gasteiger partial charge in [-0.1, -0.05) is 44.0 Å². The predicted molar refractivity (Wildman–Crippen MR) is 102 cm³/mol. The minimum atomic E-state index is -0.261. The molecule has 2 atom stereocenters. The molecule has 0 radical (unpaired) electrons. The van der Waals surface area contributed by atoms with E-state index in [1.807, 2.05) is 0 Å². The summed E-state index contributed by atoms with van der Waals surface area (Å²) in [6.45, 7) is 4.73. The number of nitrogens with one attached hydrogen (secondary N) is 2. The van der Waals surface area contributed by atoms with Crippen molar-refractivity contribution in [1.29, 1.82) is 0 Å². The number of carbonyl (C=O) groups is 2. The number of nitrogens with zero attached hydrogens (tertiary/aromatic N) is 1. The van der Waals surface area contributed by atoms with Gasteiger partial charge < -0.3 is 15.5 Å². The molecule has 1 aromatic carbocycles. The fourth-order valence-corrected chi connectivity index (χ4v) is 3.66. The number of likely N-dealkylation sites (N-methyl/N-ethyl adjacent to an activating group) is 1. The standard InChI is InChI=1S/C19H28ClN3O2/c1-13-7-6-8-14(2)19(13)21-11-18(25)23(3)12-17(24)22-16-10-5-4-9-15(16)20/h4-5,9-10,13-14,19,21H,6-8,11-12H2,1-3H3,(H,22,24)/t13-,14-/m0/s1. The Morgan fingerprint density at radius 2 is 1.84 bits per heavy atom. The molecule has 1 aliphatic carbocycles. The number of hydrogen-bond donors (Lipinski definition) is 2. The molecule has 2 N–H and O–H groups in total. The first-order valence-electron chi connectivity index (χ1n) is 8.90. The van der Waals surface area contributed by atoms with Gasteiger partial charge in [-0.2, -0.15) is 0 Å². The Morgan fingerprint density at radius 1 is 1.20 bits per heavy atom. The van der Waals surface area contributed by atoms with Gasteiger partial charge in [0.25, 0.3) is 0 Å². The number of carbonyl (C=O) groups excluding carboxylic acids is 2. The topological polar surface area (TPSA) is 61.4 Å². The van der Waals surface area contributed by atoms with Crippen LogP contribution >= 0.6 is 11.6 Å². The summed E-state index contributed by atoms with van der Waals surface area (Å²) in [7, 11) is 1.64. The highest BCUT2D eigenvalue weighted by Crippen LogP contribution is 2.28. The molecule has 6 heteroatoms. The summed E-state index contributed by atoms with van der Waals surface area (Å²) in [4.78, 5) is 25.9. The van der Waals surface area contributed by atoms with Gasteiger partial charge in [-0.15, -0.1) is 0 Å². The van der Waals surface area contributed by atoms with Crippen molar-refractivity contribution >= 4 is 29.1 Å². The van der Waals surface area contributed by atoms with E-state index in [2.05, 4.69) is 24.5 Å². The fourth-order valence-electron chi connectivity index (χ4n) is 3.48. The first kappa shape index (κ1) is 19.7. The first-order valence-corrected chi connectivity index (χ1v) is 9.28. The monoisotopic (exact) mass is 365 g/mol. The van der Waals surface area contributed by atoms with Gasteiger partial charge in [0.1, 0.15) is 0 Å². The highest BCUT2D eigenvalue weighted by atomic mass is 35.5. The third kappa shape index (κ3) is 5.72. The second-order valence-electron chi connectivity index (χ2n) is 7.07. The van der Waals surface area contributed by atoms with Gasteiger partial charge in [0.15, 0.2) is 0 Å². The summed E-state index contributed by atoms with van der Waals surface area (Å²) in [5.74, 6) is 0.804. The maximum atomic E-state index is 12.3. The zero-order valence-electron chi connectivity index (χ0n) is 15.2. The van der Waals surface area contributed by atoms with Crippen LogP contribution in [0.1, 0.15) is 33.1 Å². The van der Waals surface area contributed by atoms with Crippen molar-refractivity contribution in [3.63, 3.8) is 0 Å². The van der Waals surface area contributed by atoms with Crippen molar-refractivity contribution in [3.8, 4) is 0 Å². The number of rotatable bonds is 6. The maximum absolute atomic E-state index is 12.3. The Bertz CT molecular complexity index is 598. The third-order valence-electron chi connectivity index (χ3n) is 4.99. The molecule has 5 nitrogen and oxygen atoms in total. The smallest absolute Gasteiger partial charge is 0.244 e. The number of benzene rings is 1. The van der Waals surface area contributed by atoms with Crippen LogP contribution in [-0.4, -0.2) is 42.9 Å². The van der Waals surface area contributed by atoms with E-state index in [1.165, 1.54) is 24.2 Å². The number of para-hydroxylation sites is 1. The van der Waals surface area contributed by atoms with E-state index in [4.69, 9.17) is 11.6 Å². The van der Waals surface area contributed by atoms with Crippen LogP contribution < -0.4 is 10.6 Å². The van der Waals surface area contributed by atoms with E-state index >= 15 is 0 Å². The fraction of sp³-hybridized carbons (Fsp3) is 0.579. The zero-order chi connectivity index (χ0) is 18.4. The highest BCUT2D eigenvalue weighted by molar-refractivity contribution is 6.33. The summed E-state index contributed by atoms with van der Waals surface area (Å²) in [6.07, 6.45) is 3.66. The second-order valence-corrected chi connectivity index (χ2v) is 7.48. The maximum Gasteiger partial charge on any atom is 0.244 e. The Morgan fingerprint density at radius 3 is 2.48 bits per heavy atom. The summed E-state index contributed by atoms with van der Waals surface area (Å²) >= 11 is 6.03. The molecule has 0 saturated heterocycles. The first-order chi connectivity index (χ1) is 11.9. The Hall–Kier alpha value is -1.59. The van der Waals surface area contributed by atoms with Crippen LogP contribution in [0.2, 0.25) is 5.02 Å². The average Bonchev–Trinajstić information content (AvgIpc) is 2.56. The highest BCUT2D eigenvalue weighted by Gasteiger charge is 2.28. The van der Waals surface area contributed by atoms with Crippen molar-refractivity contribution < 1.29 is 9.59 Å². The normalized spacial score (nSPS) is 21.0. The molecular formula is C19H28ClN3O2. The Labute approximate surface area is 155 Å². The van der Waals surface area contributed by atoms with E-state index in [0.717, 1.165) is 0 Å². The number of anilines is 1. The number of amides is 2. The molecule has 1 fully saturated rings. The summed E-state index contributed by atoms with van der Waals surface area (Å²) in [5.41, 5.74) is 0.554. The van der Waals surface area contributed by atoms with Crippen LogP contribution in [0.5, 0.6) is 0 Å². The molecule has 138 valence electrons. The molecule has 0 unspecified atom stereocenters. The van der Waals surface area contributed by atoms with E-state index in [-0.39, 0.29) is 24.9 Å². The van der Waals surface area contributed by atoms with Crippen LogP contribution in [0, 0.1) is 11.8 Å². The Balaban J connectivity index is 1.79. The van der Waals surface area contributed by atoms with Gasteiger partial charge in [-0.05, 0) is 36.8 Å². The molecule has 0 bridgehead atoms. The molecule has 0 aromatic heterocycles. The average molecular weight is 366 g/mol. The minimum absolute atomic E-state index is 0.00150. The minimum Gasteiger partial charge on any atom is -0.335 e. The number of halogens is 1. The molecule has 0 aliphatic heterocycles. The van der Waals surface area contributed by atoms with Crippen LogP contribution in [0.25, 0.3) is 0 Å². The molecule has 25 heavy (non-hydrogen) atoms. The lowest BCUT2D eigenvalue weighted by molar-refractivity contribution is -0.132. The molecule has 1 saturated carbocycles. The van der Waals surface area contributed by atoms with Crippen molar-refractivity contribution in [1.82, 2.24) is 10.2 Å².